The first-order valence-electron chi connectivity index (χ1n) is 16.6. The van der Waals surface area contributed by atoms with Gasteiger partial charge in [-0.3, -0.25) is 14.7 Å². The van der Waals surface area contributed by atoms with Crippen LogP contribution in [0.3, 0.4) is 0 Å². The molecule has 2 aromatic heterocycles. The first-order chi connectivity index (χ1) is 22.2. The second-order valence-corrected chi connectivity index (χ2v) is 12.3. The van der Waals surface area contributed by atoms with Crippen molar-refractivity contribution in [3.63, 3.8) is 0 Å². The van der Waals surface area contributed by atoms with E-state index in [1.165, 1.54) is 35.2 Å². The molecular weight excluding hydrogens is 560 g/mol. The molecule has 5 aromatic rings. The highest BCUT2D eigenvalue weighted by atomic mass is 16.5. The van der Waals surface area contributed by atoms with Crippen LogP contribution >= 0.6 is 0 Å². The van der Waals surface area contributed by atoms with Gasteiger partial charge < -0.3 is 19.4 Å². The van der Waals surface area contributed by atoms with Crippen LogP contribution in [0.2, 0.25) is 0 Å². The van der Waals surface area contributed by atoms with Crippen molar-refractivity contribution >= 4 is 27.6 Å². The number of hydrogen-bond donors (Lipinski definition) is 1. The molecule has 1 aliphatic heterocycles. The number of piperazine rings is 1. The third-order valence-corrected chi connectivity index (χ3v) is 9.26. The van der Waals surface area contributed by atoms with Crippen molar-refractivity contribution in [2.45, 2.75) is 38.5 Å². The Bertz CT molecular complexity index is 1810. The number of aromatic nitrogens is 1. The molecule has 0 saturated carbocycles. The summed E-state index contributed by atoms with van der Waals surface area (Å²) in [5.74, 6) is 1.31. The van der Waals surface area contributed by atoms with Crippen molar-refractivity contribution in [3.05, 3.63) is 100 Å². The zero-order valence-corrected chi connectivity index (χ0v) is 26.0. The minimum atomic E-state index is -0.0427. The molecule has 3 heterocycles. The Kier molecular flexibility index (Phi) is 9.07. The van der Waals surface area contributed by atoms with Crippen LogP contribution in [-0.2, 0) is 12.8 Å². The van der Waals surface area contributed by atoms with E-state index in [0.717, 1.165) is 88.3 Å². The van der Waals surface area contributed by atoms with Gasteiger partial charge >= 0.3 is 0 Å². The summed E-state index contributed by atoms with van der Waals surface area (Å²) in [7, 11) is 0. The van der Waals surface area contributed by atoms with E-state index in [9.17, 15) is 4.79 Å². The van der Waals surface area contributed by atoms with E-state index in [-0.39, 0.29) is 5.43 Å². The van der Waals surface area contributed by atoms with Gasteiger partial charge in [-0.1, -0.05) is 48.5 Å². The maximum absolute atomic E-state index is 12.6. The molecule has 45 heavy (non-hydrogen) atoms. The van der Waals surface area contributed by atoms with Crippen LogP contribution in [0.15, 0.2) is 88.1 Å². The molecule has 1 aliphatic carbocycles. The maximum atomic E-state index is 12.6. The summed E-state index contributed by atoms with van der Waals surface area (Å²) < 4.78 is 12.1. The lowest BCUT2D eigenvalue weighted by atomic mass is 9.92. The first kappa shape index (κ1) is 29.5. The Morgan fingerprint density at radius 1 is 0.800 bits per heavy atom. The van der Waals surface area contributed by atoms with Crippen LogP contribution < -0.4 is 15.5 Å². The number of pyridine rings is 1. The Hall–Kier alpha value is -4.20. The van der Waals surface area contributed by atoms with Crippen molar-refractivity contribution in [2.75, 3.05) is 57.7 Å². The first-order valence-corrected chi connectivity index (χ1v) is 16.6. The van der Waals surface area contributed by atoms with Crippen LogP contribution in [0.1, 0.15) is 36.9 Å². The molecule has 0 amide bonds. The molecule has 0 spiro atoms. The van der Waals surface area contributed by atoms with Crippen molar-refractivity contribution in [1.29, 1.82) is 0 Å². The zero-order valence-electron chi connectivity index (χ0n) is 26.0. The number of nitrogens with one attached hydrogen (secondary N) is 1. The average Bonchev–Trinajstić information content (AvgIpc) is 3.08. The predicted octanol–water partition coefficient (Wildman–Crippen LogP) is 6.78. The largest absolute Gasteiger partial charge is 0.493 e. The lowest BCUT2D eigenvalue weighted by Crippen LogP contribution is -2.47. The number of fused-ring (bicyclic) bond motifs is 3. The Morgan fingerprint density at radius 2 is 1.58 bits per heavy atom. The summed E-state index contributed by atoms with van der Waals surface area (Å²) in [6.45, 7) is 8.21. The van der Waals surface area contributed by atoms with Crippen molar-refractivity contribution in [1.82, 2.24) is 14.8 Å². The van der Waals surface area contributed by atoms with Gasteiger partial charge in [0.25, 0.3) is 0 Å². The summed E-state index contributed by atoms with van der Waals surface area (Å²) in [6.07, 6.45) is 6.82. The van der Waals surface area contributed by atoms with Crippen LogP contribution in [0.5, 0.6) is 5.75 Å². The maximum Gasteiger partial charge on any atom is 0.193 e. The molecule has 3 aromatic carbocycles. The number of hydrogen-bond acceptors (Lipinski definition) is 7. The fourth-order valence-electron chi connectivity index (χ4n) is 6.75. The number of para-hydroxylation sites is 1. The van der Waals surface area contributed by atoms with Crippen LogP contribution in [0.25, 0.3) is 33.2 Å². The summed E-state index contributed by atoms with van der Waals surface area (Å²) in [5.41, 5.74) is 6.57. The van der Waals surface area contributed by atoms with E-state index in [2.05, 4.69) is 39.4 Å². The molecule has 0 atom stereocenters. The average molecular weight is 603 g/mol. The number of nitrogens with zero attached hydrogens (tertiary/aromatic N) is 3. The Morgan fingerprint density at radius 3 is 2.44 bits per heavy atom. The molecule has 232 valence electrons. The predicted molar refractivity (Wildman–Crippen MR) is 182 cm³/mol. The highest BCUT2D eigenvalue weighted by Gasteiger charge is 2.19. The van der Waals surface area contributed by atoms with Crippen molar-refractivity contribution in [2.24, 2.45) is 0 Å². The van der Waals surface area contributed by atoms with Gasteiger partial charge in [-0.15, -0.1) is 0 Å². The number of benzene rings is 3. The van der Waals surface area contributed by atoms with E-state index in [1.54, 1.807) is 12.1 Å². The van der Waals surface area contributed by atoms with Crippen LogP contribution in [0, 0.1) is 0 Å². The summed E-state index contributed by atoms with van der Waals surface area (Å²) in [4.78, 5) is 22.8. The van der Waals surface area contributed by atoms with E-state index in [0.29, 0.717) is 23.3 Å². The summed E-state index contributed by atoms with van der Waals surface area (Å²) in [6, 6.07) is 25.3. The highest BCUT2D eigenvalue weighted by Crippen LogP contribution is 2.33. The number of rotatable bonds is 11. The zero-order chi connectivity index (χ0) is 30.4. The van der Waals surface area contributed by atoms with Gasteiger partial charge in [-0.2, -0.15) is 0 Å². The fraction of sp³-hybridized carbons (Fsp3) is 0.368. The second kappa shape index (κ2) is 13.8. The Labute approximate surface area is 264 Å². The molecule has 1 saturated heterocycles. The highest BCUT2D eigenvalue weighted by molar-refractivity contribution is 5.93. The second-order valence-electron chi connectivity index (χ2n) is 12.3. The lowest BCUT2D eigenvalue weighted by Gasteiger charge is -2.35. The fourth-order valence-corrected chi connectivity index (χ4v) is 6.75. The number of unbranched alkanes of at least 4 members (excludes halogenated alkanes) is 1. The van der Waals surface area contributed by atoms with Gasteiger partial charge in [0.2, 0.25) is 0 Å². The lowest BCUT2D eigenvalue weighted by molar-refractivity contribution is 0.132. The quantitative estimate of drug-likeness (QED) is 0.167. The molecule has 7 heteroatoms. The molecule has 0 bridgehead atoms. The van der Waals surface area contributed by atoms with Crippen LogP contribution in [-0.4, -0.2) is 67.2 Å². The van der Waals surface area contributed by atoms with E-state index in [1.807, 2.05) is 42.5 Å². The number of anilines is 1. The van der Waals surface area contributed by atoms with Gasteiger partial charge in [-0.05, 0) is 68.8 Å². The number of ether oxygens (including phenoxy) is 1. The third kappa shape index (κ3) is 6.90. The van der Waals surface area contributed by atoms with Gasteiger partial charge in [0, 0.05) is 73.7 Å². The molecular formula is C38H42N4O3. The molecule has 2 aliphatic rings. The van der Waals surface area contributed by atoms with E-state index >= 15 is 0 Å². The Balaban J connectivity index is 0.840. The smallest absolute Gasteiger partial charge is 0.193 e. The van der Waals surface area contributed by atoms with Gasteiger partial charge in [0.05, 0.1) is 17.5 Å². The topological polar surface area (TPSA) is 70.8 Å². The molecule has 1 fully saturated rings. The van der Waals surface area contributed by atoms with Gasteiger partial charge in [0.1, 0.15) is 17.1 Å². The van der Waals surface area contributed by atoms with E-state index < -0.39 is 0 Å². The van der Waals surface area contributed by atoms with Gasteiger partial charge in [0.15, 0.2) is 5.43 Å². The minimum Gasteiger partial charge on any atom is -0.493 e. The van der Waals surface area contributed by atoms with Crippen LogP contribution in [0.4, 0.5) is 5.69 Å². The molecule has 7 nitrogen and oxygen atoms in total. The normalized spacial score (nSPS) is 15.7. The standard InChI is InChI=1S/C38H42N4O3/c43-35-27-36(28-10-2-1-3-11-28)45-37-26-29(16-17-32(35)37)44-25-9-8-19-41-21-23-42(24-22-41)20-18-39-38-30-12-4-6-14-33(30)40-34-15-7-5-13-31(34)38/h1-4,6,10-12,14,16-17,26-27H,5,7-9,13,15,18-25H2,(H,39,40). The van der Waals surface area contributed by atoms with Crippen molar-refractivity contribution < 1.29 is 9.15 Å². The third-order valence-electron chi connectivity index (χ3n) is 9.26. The molecule has 1 N–H and O–H groups in total. The molecule has 0 unspecified atom stereocenters. The minimum absolute atomic E-state index is 0.0427. The summed E-state index contributed by atoms with van der Waals surface area (Å²) >= 11 is 0. The summed E-state index contributed by atoms with van der Waals surface area (Å²) in [5, 5.41) is 5.66. The molecule has 0 radical (unpaired) electrons. The van der Waals surface area contributed by atoms with E-state index in [4.69, 9.17) is 14.1 Å². The SMILES string of the molecule is O=c1cc(-c2ccccc2)oc2cc(OCCCCN3CCN(CCNc4c5c(nc6ccccc46)CCCC5)CC3)ccc12. The number of aryl methyl sites for hydroxylation is 1. The molecule has 7 rings (SSSR count). The van der Waals surface area contributed by atoms with Gasteiger partial charge in [-0.25, -0.2) is 0 Å². The monoisotopic (exact) mass is 602 g/mol. The van der Waals surface area contributed by atoms with Crippen molar-refractivity contribution in [3.8, 4) is 17.1 Å².